The zero-order valence-electron chi connectivity index (χ0n) is 17.5. The molecule has 0 aliphatic heterocycles. The van der Waals surface area contributed by atoms with E-state index in [0.29, 0.717) is 46.5 Å². The van der Waals surface area contributed by atoms with Crippen molar-refractivity contribution >= 4 is 38.9 Å². The number of benzene rings is 1. The van der Waals surface area contributed by atoms with Crippen LogP contribution in [-0.2, 0) is 17.8 Å². The van der Waals surface area contributed by atoms with Crippen LogP contribution in [0.25, 0.3) is 16.0 Å². The van der Waals surface area contributed by atoms with Crippen molar-refractivity contribution in [1.82, 2.24) is 19.2 Å². The highest BCUT2D eigenvalue weighted by atomic mass is 32.1. The quantitative estimate of drug-likeness (QED) is 0.451. The second-order valence-corrected chi connectivity index (χ2v) is 7.91. The van der Waals surface area contributed by atoms with Gasteiger partial charge in [0.2, 0.25) is 11.7 Å². The molecule has 31 heavy (non-hydrogen) atoms. The van der Waals surface area contributed by atoms with E-state index in [2.05, 4.69) is 15.5 Å². The normalized spacial score (nSPS) is 11.2. The summed E-state index contributed by atoms with van der Waals surface area (Å²) >= 11 is 1.40. The maximum atomic E-state index is 12.8. The molecule has 0 radical (unpaired) electrons. The number of methoxy groups -OCH3 is 2. The predicted molar refractivity (Wildman–Crippen MR) is 119 cm³/mol. The molecule has 1 N–H and O–H groups in total. The largest absolute Gasteiger partial charge is 0.497 e. The molecule has 0 atom stereocenters. The lowest BCUT2D eigenvalue weighted by molar-refractivity contribution is -0.116. The second-order valence-electron chi connectivity index (χ2n) is 6.99. The molecule has 0 bridgehead atoms. The van der Waals surface area contributed by atoms with E-state index >= 15 is 0 Å². The molecule has 3 aromatic heterocycles. The van der Waals surface area contributed by atoms with E-state index in [1.54, 1.807) is 37.0 Å². The Morgan fingerprint density at radius 1 is 1.16 bits per heavy atom. The first kappa shape index (κ1) is 20.9. The fraction of sp³-hybridized carbons (Fsp3) is 0.333. The van der Waals surface area contributed by atoms with Gasteiger partial charge >= 0.3 is 0 Å². The van der Waals surface area contributed by atoms with Gasteiger partial charge in [0, 0.05) is 43.3 Å². The molecule has 0 saturated heterocycles. The summed E-state index contributed by atoms with van der Waals surface area (Å²) < 4.78 is 14.7. The molecule has 3 heterocycles. The van der Waals surface area contributed by atoms with Gasteiger partial charge in [-0.2, -0.15) is 0 Å². The van der Waals surface area contributed by atoms with Gasteiger partial charge in [0.15, 0.2) is 0 Å². The fourth-order valence-corrected chi connectivity index (χ4v) is 4.32. The standard InChI is InChI=1S/C21H23N5O4S/c1-4-8-25-20(28)19-16(7-9-31-19)26-17(23-24-21(25)26)5-6-18(27)22-13-10-14(29-2)12-15(11-13)30-3/h7,9-12H,4-6,8H2,1-3H3,(H,22,27). The van der Waals surface area contributed by atoms with Crippen molar-refractivity contribution in [2.75, 3.05) is 19.5 Å². The maximum absolute atomic E-state index is 12.8. The summed E-state index contributed by atoms with van der Waals surface area (Å²) in [6, 6.07) is 7.08. The molecule has 0 unspecified atom stereocenters. The van der Waals surface area contributed by atoms with Crippen molar-refractivity contribution in [3.8, 4) is 11.5 Å². The van der Waals surface area contributed by atoms with Crippen LogP contribution in [0.5, 0.6) is 11.5 Å². The molecule has 4 aromatic rings. The Bertz CT molecular complexity index is 1280. The average molecular weight is 442 g/mol. The van der Waals surface area contributed by atoms with Gasteiger partial charge < -0.3 is 14.8 Å². The average Bonchev–Trinajstić information content (AvgIpc) is 3.42. The number of hydrogen-bond donors (Lipinski definition) is 1. The van der Waals surface area contributed by atoms with Gasteiger partial charge in [-0.3, -0.25) is 18.6 Å². The minimum absolute atomic E-state index is 0.0528. The Balaban J connectivity index is 1.59. The van der Waals surface area contributed by atoms with Crippen LogP contribution in [0.1, 0.15) is 25.6 Å². The monoisotopic (exact) mass is 441 g/mol. The number of carbonyl (C=O) groups excluding carboxylic acids is 1. The third kappa shape index (κ3) is 3.98. The summed E-state index contributed by atoms with van der Waals surface area (Å²) in [5.74, 6) is 2.15. The lowest BCUT2D eigenvalue weighted by Gasteiger charge is -2.10. The summed E-state index contributed by atoms with van der Waals surface area (Å²) in [5, 5.41) is 13.3. The third-order valence-electron chi connectivity index (χ3n) is 4.94. The van der Waals surface area contributed by atoms with Crippen molar-refractivity contribution in [2.45, 2.75) is 32.7 Å². The molecular weight excluding hydrogens is 418 g/mol. The predicted octanol–water partition coefficient (Wildman–Crippen LogP) is 3.10. The van der Waals surface area contributed by atoms with Gasteiger partial charge in [0.1, 0.15) is 22.0 Å². The third-order valence-corrected chi connectivity index (χ3v) is 5.83. The summed E-state index contributed by atoms with van der Waals surface area (Å²) in [5.41, 5.74) is 1.31. The minimum atomic E-state index is -0.171. The molecule has 10 heteroatoms. The zero-order chi connectivity index (χ0) is 22.0. The molecule has 0 aliphatic rings. The number of hydrogen-bond acceptors (Lipinski definition) is 7. The number of rotatable bonds is 8. The topological polar surface area (TPSA) is 99.8 Å². The number of carbonyl (C=O) groups is 1. The lowest BCUT2D eigenvalue weighted by atomic mass is 10.2. The van der Waals surface area contributed by atoms with E-state index in [4.69, 9.17) is 9.47 Å². The van der Waals surface area contributed by atoms with Crippen LogP contribution >= 0.6 is 11.3 Å². The first-order valence-electron chi connectivity index (χ1n) is 9.92. The van der Waals surface area contributed by atoms with Crippen LogP contribution in [0.15, 0.2) is 34.4 Å². The molecule has 4 rings (SSSR count). The highest BCUT2D eigenvalue weighted by Crippen LogP contribution is 2.26. The number of anilines is 1. The van der Waals surface area contributed by atoms with E-state index in [1.807, 2.05) is 22.8 Å². The number of ether oxygens (including phenoxy) is 2. The summed E-state index contributed by atoms with van der Waals surface area (Å²) in [7, 11) is 3.11. The Labute approximate surface area is 182 Å². The van der Waals surface area contributed by atoms with E-state index in [1.165, 1.54) is 11.3 Å². The van der Waals surface area contributed by atoms with Crippen LogP contribution < -0.4 is 20.3 Å². The molecule has 0 aliphatic carbocycles. The molecule has 0 fully saturated rings. The second kappa shape index (κ2) is 8.76. The summed E-state index contributed by atoms with van der Waals surface area (Å²) in [4.78, 5) is 25.4. The number of aryl methyl sites for hydroxylation is 2. The molecule has 1 amide bonds. The molecule has 1 aromatic carbocycles. The van der Waals surface area contributed by atoms with Gasteiger partial charge in [-0.05, 0) is 17.9 Å². The van der Waals surface area contributed by atoms with Crippen molar-refractivity contribution in [3.63, 3.8) is 0 Å². The van der Waals surface area contributed by atoms with Crippen LogP contribution in [0, 0.1) is 0 Å². The van der Waals surface area contributed by atoms with Gasteiger partial charge in [0.25, 0.3) is 5.56 Å². The van der Waals surface area contributed by atoms with Crippen LogP contribution in [0.2, 0.25) is 0 Å². The summed E-state index contributed by atoms with van der Waals surface area (Å²) in [6.07, 6.45) is 1.39. The van der Waals surface area contributed by atoms with Gasteiger partial charge in [-0.15, -0.1) is 21.5 Å². The van der Waals surface area contributed by atoms with Crippen LogP contribution in [0.4, 0.5) is 5.69 Å². The number of fused-ring (bicyclic) bond motifs is 3. The molecule has 9 nitrogen and oxygen atoms in total. The lowest BCUT2D eigenvalue weighted by Crippen LogP contribution is -2.22. The Kier molecular flexibility index (Phi) is 5.90. The van der Waals surface area contributed by atoms with Crippen molar-refractivity contribution in [3.05, 3.63) is 45.8 Å². The van der Waals surface area contributed by atoms with Crippen molar-refractivity contribution in [1.29, 1.82) is 0 Å². The Morgan fingerprint density at radius 2 is 1.90 bits per heavy atom. The van der Waals surface area contributed by atoms with Crippen LogP contribution in [0.3, 0.4) is 0 Å². The number of amides is 1. The smallest absolute Gasteiger partial charge is 0.272 e. The Hall–Kier alpha value is -3.40. The van der Waals surface area contributed by atoms with Crippen molar-refractivity contribution in [2.24, 2.45) is 0 Å². The maximum Gasteiger partial charge on any atom is 0.272 e. The summed E-state index contributed by atoms with van der Waals surface area (Å²) in [6.45, 7) is 2.57. The molecule has 162 valence electrons. The highest BCUT2D eigenvalue weighted by Gasteiger charge is 2.18. The molecule has 0 saturated carbocycles. The van der Waals surface area contributed by atoms with E-state index < -0.39 is 0 Å². The fourth-order valence-electron chi connectivity index (χ4n) is 3.50. The Morgan fingerprint density at radius 3 is 2.58 bits per heavy atom. The van der Waals surface area contributed by atoms with E-state index in [9.17, 15) is 9.59 Å². The van der Waals surface area contributed by atoms with Gasteiger partial charge in [-0.1, -0.05) is 6.92 Å². The van der Waals surface area contributed by atoms with Crippen LogP contribution in [-0.4, -0.2) is 39.3 Å². The molecular formula is C21H23N5O4S. The number of thiophene rings is 1. The first-order valence-corrected chi connectivity index (χ1v) is 10.8. The zero-order valence-corrected chi connectivity index (χ0v) is 18.4. The number of nitrogens with zero attached hydrogens (tertiary/aromatic N) is 4. The van der Waals surface area contributed by atoms with Crippen molar-refractivity contribution < 1.29 is 14.3 Å². The highest BCUT2D eigenvalue weighted by molar-refractivity contribution is 7.17. The first-order chi connectivity index (χ1) is 15.0. The van der Waals surface area contributed by atoms with Gasteiger partial charge in [0.05, 0.1) is 19.7 Å². The number of aromatic nitrogens is 4. The SMILES string of the molecule is CCCn1c(=O)c2sccc2n2c(CCC(=O)Nc3cc(OC)cc(OC)c3)nnc12. The van der Waals surface area contributed by atoms with Gasteiger partial charge in [-0.25, -0.2) is 0 Å². The van der Waals surface area contributed by atoms with E-state index in [0.717, 1.165) is 11.9 Å². The minimum Gasteiger partial charge on any atom is -0.497 e. The molecule has 0 spiro atoms. The van der Waals surface area contributed by atoms with E-state index in [-0.39, 0.29) is 17.9 Å². The number of nitrogens with one attached hydrogen (secondary N) is 1.